The average molecular weight is 449 g/mol. The number of nitrogens with zero attached hydrogens (tertiary/aromatic N) is 2. The minimum atomic E-state index is -0.186. The van der Waals surface area contributed by atoms with Gasteiger partial charge in [-0.05, 0) is 24.3 Å². The molecule has 172 valence electrons. The van der Waals surface area contributed by atoms with Gasteiger partial charge in [-0.25, -0.2) is 4.98 Å². The molecule has 1 fully saturated rings. The van der Waals surface area contributed by atoms with Crippen LogP contribution >= 0.6 is 0 Å². The fourth-order valence-electron chi connectivity index (χ4n) is 3.65. The molecule has 0 radical (unpaired) electrons. The van der Waals surface area contributed by atoms with Gasteiger partial charge < -0.3 is 36.1 Å². The molecule has 4 rings (SSSR count). The molecule has 0 atom stereocenters. The molecule has 2 heterocycles. The highest BCUT2D eigenvalue weighted by Crippen LogP contribution is 2.34. The van der Waals surface area contributed by atoms with Crippen LogP contribution in [0, 0.1) is 0 Å². The third kappa shape index (κ3) is 5.09. The van der Waals surface area contributed by atoms with E-state index in [1.807, 2.05) is 36.4 Å². The van der Waals surface area contributed by atoms with Crippen molar-refractivity contribution in [3.05, 3.63) is 60.3 Å². The number of para-hydroxylation sites is 1. The summed E-state index contributed by atoms with van der Waals surface area (Å²) in [5, 5.41) is 9.20. The number of morpholine rings is 1. The number of carbonyl (C=O) groups is 1. The van der Waals surface area contributed by atoms with Gasteiger partial charge in [-0.1, -0.05) is 12.1 Å². The molecule has 1 saturated heterocycles. The predicted molar refractivity (Wildman–Crippen MR) is 131 cm³/mol. The Balaban J connectivity index is 1.57. The highest BCUT2D eigenvalue weighted by atomic mass is 16.5. The quantitative estimate of drug-likeness (QED) is 0.435. The van der Waals surface area contributed by atoms with Crippen LogP contribution in [0.3, 0.4) is 0 Å². The summed E-state index contributed by atoms with van der Waals surface area (Å²) in [5.41, 5.74) is 10.3. The first-order valence-electron chi connectivity index (χ1n) is 10.7. The Morgan fingerprint density at radius 3 is 2.61 bits per heavy atom. The van der Waals surface area contributed by atoms with Gasteiger partial charge in [-0.2, -0.15) is 0 Å². The van der Waals surface area contributed by atoms with Gasteiger partial charge >= 0.3 is 0 Å². The van der Waals surface area contributed by atoms with E-state index in [0.29, 0.717) is 34.2 Å². The standard InChI is InChI=1S/C24H28N6O3/c1-26-24(31)17-5-3-4-6-19(17)28-21-14-23(27-15-18(21)25)29-20-8-7-16(13-22(20)32-2)30-9-11-33-12-10-30/h3-8,13-15H,9-12,25H2,1-2H3,(H,26,31)(H2,27,28,29). The number of anilines is 6. The summed E-state index contributed by atoms with van der Waals surface area (Å²) in [5.74, 6) is 1.10. The molecule has 0 bridgehead atoms. The second-order valence-electron chi connectivity index (χ2n) is 7.52. The molecule has 2 aromatic carbocycles. The SMILES string of the molecule is CNC(=O)c1ccccc1Nc1cc(Nc2ccc(N3CCOCC3)cc2OC)ncc1N. The molecular weight excluding hydrogens is 420 g/mol. The fraction of sp³-hybridized carbons (Fsp3) is 0.250. The van der Waals surface area contributed by atoms with Crippen molar-refractivity contribution in [2.24, 2.45) is 0 Å². The summed E-state index contributed by atoms with van der Waals surface area (Å²) in [4.78, 5) is 18.9. The average Bonchev–Trinajstić information content (AvgIpc) is 2.86. The number of pyridine rings is 1. The highest BCUT2D eigenvalue weighted by Gasteiger charge is 2.15. The Kier molecular flexibility index (Phi) is 6.80. The zero-order valence-electron chi connectivity index (χ0n) is 18.7. The van der Waals surface area contributed by atoms with E-state index in [0.717, 1.165) is 37.7 Å². The van der Waals surface area contributed by atoms with Crippen LogP contribution in [0.2, 0.25) is 0 Å². The van der Waals surface area contributed by atoms with E-state index in [2.05, 4.69) is 25.8 Å². The first-order valence-corrected chi connectivity index (χ1v) is 10.7. The van der Waals surface area contributed by atoms with Crippen molar-refractivity contribution >= 4 is 40.2 Å². The maximum atomic E-state index is 12.2. The highest BCUT2D eigenvalue weighted by molar-refractivity contribution is 6.00. The number of benzene rings is 2. The summed E-state index contributed by atoms with van der Waals surface area (Å²) in [6, 6.07) is 15.1. The molecule has 0 unspecified atom stereocenters. The van der Waals surface area contributed by atoms with Gasteiger partial charge in [0.25, 0.3) is 5.91 Å². The lowest BCUT2D eigenvalue weighted by Crippen LogP contribution is -2.36. The summed E-state index contributed by atoms with van der Waals surface area (Å²) < 4.78 is 11.1. The van der Waals surface area contributed by atoms with Crippen LogP contribution in [-0.2, 0) is 4.74 Å². The number of ether oxygens (including phenoxy) is 2. The molecule has 1 aromatic heterocycles. The van der Waals surface area contributed by atoms with E-state index in [-0.39, 0.29) is 5.91 Å². The van der Waals surface area contributed by atoms with Gasteiger partial charge in [0.15, 0.2) is 0 Å². The molecule has 1 amide bonds. The number of nitrogens with one attached hydrogen (secondary N) is 3. The molecule has 0 spiro atoms. The molecule has 1 aliphatic heterocycles. The van der Waals surface area contributed by atoms with E-state index in [9.17, 15) is 4.79 Å². The number of hydrogen-bond donors (Lipinski definition) is 4. The molecule has 0 saturated carbocycles. The van der Waals surface area contributed by atoms with Crippen molar-refractivity contribution in [2.45, 2.75) is 0 Å². The van der Waals surface area contributed by atoms with E-state index in [1.54, 1.807) is 32.5 Å². The van der Waals surface area contributed by atoms with Crippen molar-refractivity contribution in [1.29, 1.82) is 0 Å². The van der Waals surface area contributed by atoms with Crippen molar-refractivity contribution in [2.75, 3.05) is 61.7 Å². The van der Waals surface area contributed by atoms with Crippen LogP contribution in [-0.4, -0.2) is 51.4 Å². The maximum Gasteiger partial charge on any atom is 0.253 e. The minimum absolute atomic E-state index is 0.186. The zero-order valence-corrected chi connectivity index (χ0v) is 18.7. The molecular formula is C24H28N6O3. The fourth-order valence-corrected chi connectivity index (χ4v) is 3.65. The van der Waals surface area contributed by atoms with Crippen LogP contribution in [0.4, 0.5) is 34.3 Å². The lowest BCUT2D eigenvalue weighted by molar-refractivity contribution is 0.0964. The monoisotopic (exact) mass is 448 g/mol. The minimum Gasteiger partial charge on any atom is -0.494 e. The second kappa shape index (κ2) is 10.1. The third-order valence-electron chi connectivity index (χ3n) is 5.43. The number of rotatable bonds is 7. The third-order valence-corrected chi connectivity index (χ3v) is 5.43. The van der Waals surface area contributed by atoms with Gasteiger partial charge in [0, 0.05) is 38.0 Å². The molecule has 33 heavy (non-hydrogen) atoms. The van der Waals surface area contributed by atoms with Crippen molar-refractivity contribution < 1.29 is 14.3 Å². The first kappa shape index (κ1) is 22.2. The smallest absolute Gasteiger partial charge is 0.253 e. The van der Waals surface area contributed by atoms with Crippen LogP contribution < -0.4 is 31.3 Å². The summed E-state index contributed by atoms with van der Waals surface area (Å²) in [6.45, 7) is 3.14. The largest absolute Gasteiger partial charge is 0.494 e. The molecule has 3 aromatic rings. The maximum absolute atomic E-state index is 12.2. The normalized spacial score (nSPS) is 13.3. The topological polar surface area (TPSA) is 114 Å². The molecule has 9 nitrogen and oxygen atoms in total. The Bertz CT molecular complexity index is 1130. The Labute approximate surface area is 192 Å². The zero-order chi connectivity index (χ0) is 23.2. The van der Waals surface area contributed by atoms with Crippen LogP contribution in [0.5, 0.6) is 5.75 Å². The first-order chi connectivity index (χ1) is 16.1. The van der Waals surface area contributed by atoms with E-state index < -0.39 is 0 Å². The number of nitrogen functional groups attached to an aromatic ring is 1. The van der Waals surface area contributed by atoms with Crippen LogP contribution in [0.15, 0.2) is 54.7 Å². The number of amides is 1. The molecule has 9 heteroatoms. The van der Waals surface area contributed by atoms with Gasteiger partial charge in [-0.15, -0.1) is 0 Å². The van der Waals surface area contributed by atoms with Gasteiger partial charge in [-0.3, -0.25) is 4.79 Å². The summed E-state index contributed by atoms with van der Waals surface area (Å²) in [7, 11) is 3.24. The Morgan fingerprint density at radius 1 is 1.06 bits per heavy atom. The summed E-state index contributed by atoms with van der Waals surface area (Å²) >= 11 is 0. The lowest BCUT2D eigenvalue weighted by Gasteiger charge is -2.29. The van der Waals surface area contributed by atoms with Gasteiger partial charge in [0.2, 0.25) is 0 Å². The predicted octanol–water partition coefficient (Wildman–Crippen LogP) is 3.36. The number of aromatic nitrogens is 1. The number of hydrogen-bond acceptors (Lipinski definition) is 8. The van der Waals surface area contributed by atoms with E-state index in [1.165, 1.54) is 0 Å². The summed E-state index contributed by atoms with van der Waals surface area (Å²) in [6.07, 6.45) is 1.57. The van der Waals surface area contributed by atoms with Gasteiger partial charge in [0.1, 0.15) is 11.6 Å². The Morgan fingerprint density at radius 2 is 1.85 bits per heavy atom. The Hall–Kier alpha value is -3.98. The second-order valence-corrected chi connectivity index (χ2v) is 7.52. The molecule has 0 aliphatic carbocycles. The molecule has 5 N–H and O–H groups in total. The number of methoxy groups -OCH3 is 1. The van der Waals surface area contributed by atoms with Crippen LogP contribution in [0.25, 0.3) is 0 Å². The van der Waals surface area contributed by atoms with Crippen molar-refractivity contribution in [3.63, 3.8) is 0 Å². The van der Waals surface area contributed by atoms with Crippen LogP contribution in [0.1, 0.15) is 10.4 Å². The number of carbonyl (C=O) groups excluding carboxylic acids is 1. The number of nitrogens with two attached hydrogens (primary N) is 1. The molecule has 1 aliphatic rings. The van der Waals surface area contributed by atoms with Crippen molar-refractivity contribution in [3.8, 4) is 5.75 Å². The lowest BCUT2D eigenvalue weighted by atomic mass is 10.1. The van der Waals surface area contributed by atoms with Gasteiger partial charge in [0.05, 0.1) is 54.8 Å². The van der Waals surface area contributed by atoms with E-state index >= 15 is 0 Å². The van der Waals surface area contributed by atoms with E-state index in [4.69, 9.17) is 15.2 Å². The van der Waals surface area contributed by atoms with Crippen molar-refractivity contribution in [1.82, 2.24) is 10.3 Å².